The van der Waals surface area contributed by atoms with E-state index in [4.69, 9.17) is 0 Å². The third kappa shape index (κ3) is 7.20. The van der Waals surface area contributed by atoms with E-state index >= 15 is 0 Å². The third-order valence-corrected chi connectivity index (χ3v) is 5.81. The molecule has 2 aromatic rings. The van der Waals surface area contributed by atoms with Crippen LogP contribution in [0.25, 0.3) is 0 Å². The summed E-state index contributed by atoms with van der Waals surface area (Å²) in [5.41, 5.74) is 1.94. The second-order valence-electron chi connectivity index (χ2n) is 7.24. The molecule has 0 heterocycles. The minimum atomic E-state index is -0.625. The second-order valence-corrected chi connectivity index (χ2v) is 8.29. The number of hydrogen-bond acceptors (Lipinski definition) is 3. The molecule has 0 saturated heterocycles. The van der Waals surface area contributed by atoms with Crippen molar-refractivity contribution in [2.75, 3.05) is 5.75 Å². The van der Waals surface area contributed by atoms with Crippen LogP contribution in [0.2, 0.25) is 0 Å². The van der Waals surface area contributed by atoms with E-state index in [0.717, 1.165) is 22.4 Å². The first-order valence-corrected chi connectivity index (χ1v) is 10.8. The fourth-order valence-electron chi connectivity index (χ4n) is 2.70. The van der Waals surface area contributed by atoms with Crippen LogP contribution in [0.5, 0.6) is 0 Å². The summed E-state index contributed by atoms with van der Waals surface area (Å²) in [4.78, 5) is 28.2. The van der Waals surface area contributed by atoms with E-state index in [-0.39, 0.29) is 36.0 Å². The first-order valence-electron chi connectivity index (χ1n) is 9.84. The monoisotopic (exact) mass is 416 g/mol. The van der Waals surface area contributed by atoms with Crippen molar-refractivity contribution < 1.29 is 14.0 Å². The Morgan fingerprint density at radius 3 is 2.28 bits per heavy atom. The Hall–Kier alpha value is -2.34. The number of amides is 2. The molecule has 2 aromatic carbocycles. The van der Waals surface area contributed by atoms with E-state index in [1.807, 2.05) is 45.0 Å². The van der Waals surface area contributed by atoms with Crippen molar-refractivity contribution in [2.24, 2.45) is 0 Å². The molecule has 2 amide bonds. The maximum Gasteiger partial charge on any atom is 0.242 e. The SMILES string of the molecule is CC[C@H](C)NC(=O)[C@@H](C)N(Cc1ccc(F)cc1)C(=O)CSc1ccc(C)cc1. The van der Waals surface area contributed by atoms with Gasteiger partial charge in [0.25, 0.3) is 0 Å². The lowest BCUT2D eigenvalue weighted by molar-refractivity contribution is -0.138. The first kappa shape index (κ1) is 22.9. The fourth-order valence-corrected chi connectivity index (χ4v) is 3.48. The number of benzene rings is 2. The number of thioether (sulfide) groups is 1. The Labute approximate surface area is 176 Å². The van der Waals surface area contributed by atoms with Gasteiger partial charge in [0.05, 0.1) is 5.75 Å². The van der Waals surface area contributed by atoms with Gasteiger partial charge < -0.3 is 10.2 Å². The quantitative estimate of drug-likeness (QED) is 0.610. The normalized spacial score (nSPS) is 12.9. The molecule has 0 aliphatic heterocycles. The van der Waals surface area contributed by atoms with Crippen LogP contribution in [0.3, 0.4) is 0 Å². The summed E-state index contributed by atoms with van der Waals surface area (Å²) >= 11 is 1.44. The van der Waals surface area contributed by atoms with E-state index in [9.17, 15) is 14.0 Å². The van der Waals surface area contributed by atoms with Crippen molar-refractivity contribution in [3.63, 3.8) is 0 Å². The Morgan fingerprint density at radius 1 is 1.07 bits per heavy atom. The lowest BCUT2D eigenvalue weighted by Gasteiger charge is -2.29. The zero-order valence-electron chi connectivity index (χ0n) is 17.4. The van der Waals surface area contributed by atoms with E-state index in [1.54, 1.807) is 24.0 Å². The second kappa shape index (κ2) is 11.0. The van der Waals surface area contributed by atoms with Gasteiger partial charge in [-0.25, -0.2) is 4.39 Å². The summed E-state index contributed by atoms with van der Waals surface area (Å²) in [5.74, 6) is -0.420. The highest BCUT2D eigenvalue weighted by Gasteiger charge is 2.26. The number of hydrogen-bond donors (Lipinski definition) is 1. The van der Waals surface area contributed by atoms with Crippen LogP contribution in [0.1, 0.15) is 38.3 Å². The molecule has 0 radical (unpaired) electrons. The van der Waals surface area contributed by atoms with Gasteiger partial charge in [0.1, 0.15) is 11.9 Å². The van der Waals surface area contributed by atoms with Crippen molar-refractivity contribution in [1.82, 2.24) is 10.2 Å². The van der Waals surface area contributed by atoms with Crippen LogP contribution in [-0.2, 0) is 16.1 Å². The maximum atomic E-state index is 13.2. The molecule has 29 heavy (non-hydrogen) atoms. The van der Waals surface area contributed by atoms with E-state index in [1.165, 1.54) is 23.9 Å². The predicted octanol–water partition coefficient (Wildman–Crippen LogP) is 4.56. The van der Waals surface area contributed by atoms with Gasteiger partial charge in [-0.15, -0.1) is 11.8 Å². The molecule has 2 rings (SSSR count). The molecule has 6 heteroatoms. The standard InChI is InChI=1S/C23H29FN2O2S/c1-5-17(3)25-23(28)18(4)26(14-19-8-10-20(24)11-9-19)22(27)15-29-21-12-6-16(2)7-13-21/h6-13,17-18H,5,14-15H2,1-4H3,(H,25,28)/t17-,18+/m0/s1. The summed E-state index contributed by atoms with van der Waals surface area (Å²) in [6.45, 7) is 7.93. The van der Waals surface area contributed by atoms with Crippen LogP contribution in [0, 0.1) is 12.7 Å². The summed E-state index contributed by atoms with van der Waals surface area (Å²) in [5, 5.41) is 2.94. The Balaban J connectivity index is 2.13. The molecule has 0 bridgehead atoms. The van der Waals surface area contributed by atoms with Gasteiger partial charge in [-0.05, 0) is 57.0 Å². The lowest BCUT2D eigenvalue weighted by atomic mass is 10.1. The van der Waals surface area contributed by atoms with Crippen LogP contribution in [0.4, 0.5) is 4.39 Å². The molecule has 0 aliphatic rings. The number of halogens is 1. The summed E-state index contributed by atoms with van der Waals surface area (Å²) < 4.78 is 13.2. The maximum absolute atomic E-state index is 13.2. The molecular weight excluding hydrogens is 387 g/mol. The van der Waals surface area contributed by atoms with Gasteiger partial charge in [-0.2, -0.15) is 0 Å². The number of carbonyl (C=O) groups is 2. The molecule has 0 aromatic heterocycles. The third-order valence-electron chi connectivity index (χ3n) is 4.82. The van der Waals surface area contributed by atoms with Gasteiger partial charge in [-0.1, -0.05) is 36.8 Å². The summed E-state index contributed by atoms with van der Waals surface area (Å²) in [6.07, 6.45) is 0.813. The molecule has 4 nitrogen and oxygen atoms in total. The number of carbonyl (C=O) groups excluding carboxylic acids is 2. The first-order chi connectivity index (χ1) is 13.8. The number of nitrogens with one attached hydrogen (secondary N) is 1. The number of rotatable bonds is 9. The molecule has 0 spiro atoms. The largest absolute Gasteiger partial charge is 0.352 e. The summed E-state index contributed by atoms with van der Waals surface area (Å²) in [7, 11) is 0. The predicted molar refractivity (Wildman–Crippen MR) is 116 cm³/mol. The Morgan fingerprint density at radius 2 is 1.69 bits per heavy atom. The highest BCUT2D eigenvalue weighted by molar-refractivity contribution is 8.00. The van der Waals surface area contributed by atoms with Crippen LogP contribution < -0.4 is 5.32 Å². The molecule has 0 saturated carbocycles. The lowest BCUT2D eigenvalue weighted by Crippen LogP contribution is -2.50. The topological polar surface area (TPSA) is 49.4 Å². The van der Waals surface area contributed by atoms with Gasteiger partial charge in [0.15, 0.2) is 0 Å². The molecule has 156 valence electrons. The van der Waals surface area contributed by atoms with Crippen LogP contribution in [0.15, 0.2) is 53.4 Å². The highest BCUT2D eigenvalue weighted by atomic mass is 32.2. The zero-order chi connectivity index (χ0) is 21.4. The molecule has 0 aliphatic carbocycles. The molecule has 0 unspecified atom stereocenters. The van der Waals surface area contributed by atoms with Gasteiger partial charge in [-0.3, -0.25) is 9.59 Å². The van der Waals surface area contributed by atoms with Crippen molar-refractivity contribution >= 4 is 23.6 Å². The van der Waals surface area contributed by atoms with E-state index < -0.39 is 6.04 Å². The molecule has 0 fully saturated rings. The summed E-state index contributed by atoms with van der Waals surface area (Å²) in [6, 6.07) is 13.4. The van der Waals surface area contributed by atoms with Gasteiger partial charge in [0, 0.05) is 17.5 Å². The van der Waals surface area contributed by atoms with E-state index in [0.29, 0.717) is 0 Å². The average molecular weight is 417 g/mol. The zero-order valence-corrected chi connectivity index (χ0v) is 18.3. The van der Waals surface area contributed by atoms with Crippen molar-refractivity contribution in [2.45, 2.75) is 57.6 Å². The molecule has 1 N–H and O–H groups in total. The van der Waals surface area contributed by atoms with Crippen LogP contribution in [-0.4, -0.2) is 34.6 Å². The Bertz CT molecular complexity index is 809. The van der Waals surface area contributed by atoms with Gasteiger partial charge >= 0.3 is 0 Å². The van der Waals surface area contributed by atoms with Crippen molar-refractivity contribution in [3.05, 3.63) is 65.5 Å². The fraction of sp³-hybridized carbons (Fsp3) is 0.391. The molecular formula is C23H29FN2O2S. The van der Waals surface area contributed by atoms with Crippen LogP contribution >= 0.6 is 11.8 Å². The minimum Gasteiger partial charge on any atom is -0.352 e. The van der Waals surface area contributed by atoms with E-state index in [2.05, 4.69) is 5.32 Å². The number of aryl methyl sites for hydroxylation is 1. The van der Waals surface area contributed by atoms with Crippen molar-refractivity contribution in [3.8, 4) is 0 Å². The number of nitrogens with zero attached hydrogens (tertiary/aromatic N) is 1. The highest BCUT2D eigenvalue weighted by Crippen LogP contribution is 2.20. The van der Waals surface area contributed by atoms with Gasteiger partial charge in [0.2, 0.25) is 11.8 Å². The Kier molecular flexibility index (Phi) is 8.70. The smallest absolute Gasteiger partial charge is 0.242 e. The molecule has 2 atom stereocenters. The average Bonchev–Trinajstić information content (AvgIpc) is 2.72. The van der Waals surface area contributed by atoms with Crippen molar-refractivity contribution in [1.29, 1.82) is 0 Å². The minimum absolute atomic E-state index is 0.0367.